The molecule has 0 radical (unpaired) electrons. The number of rotatable bonds is 3. The average molecular weight is 284 g/mol. The van der Waals surface area contributed by atoms with Gasteiger partial charge in [-0.3, -0.25) is 4.79 Å². The number of carbonyl (C=O) groups excluding carboxylic acids is 1. The summed E-state index contributed by atoms with van der Waals surface area (Å²) in [7, 11) is 0. The number of hydrogen-bond donors (Lipinski definition) is 3. The minimum Gasteiger partial charge on any atom is -0.397 e. The lowest BCUT2D eigenvalue weighted by atomic mass is 9.85. The first-order valence-electron chi connectivity index (χ1n) is 6.44. The van der Waals surface area contributed by atoms with Crippen LogP contribution in [0.5, 0.6) is 0 Å². The van der Waals surface area contributed by atoms with E-state index >= 15 is 0 Å². The number of aromatic nitrogens is 1. The molecule has 2 unspecified atom stereocenters. The summed E-state index contributed by atoms with van der Waals surface area (Å²) in [5, 5.41) is 12.4. The first-order valence-corrected chi connectivity index (χ1v) is 6.82. The van der Waals surface area contributed by atoms with Crippen LogP contribution in [0.1, 0.15) is 36.0 Å². The van der Waals surface area contributed by atoms with Crippen molar-refractivity contribution < 1.29 is 9.90 Å². The van der Waals surface area contributed by atoms with Gasteiger partial charge in [-0.1, -0.05) is 24.4 Å². The molecule has 0 bridgehead atoms. The van der Waals surface area contributed by atoms with Gasteiger partial charge in [0.25, 0.3) is 5.91 Å². The summed E-state index contributed by atoms with van der Waals surface area (Å²) in [6.45, 7) is 0.0911. The second-order valence-corrected chi connectivity index (χ2v) is 5.27. The third-order valence-corrected chi connectivity index (χ3v) is 3.87. The SMILES string of the molecule is Nc1cnc(Cl)c(C(=O)NC2CCCCC2CO)c1. The standard InChI is InChI=1S/C13H18ClN3O2/c14-12-10(5-9(15)6-16-12)13(19)17-11-4-2-1-3-8(11)7-18/h5-6,8,11,18H,1-4,7,15H2,(H,17,19). The Balaban J connectivity index is 2.09. The molecule has 1 saturated carbocycles. The van der Waals surface area contributed by atoms with Gasteiger partial charge in [0, 0.05) is 18.6 Å². The Hall–Kier alpha value is -1.33. The van der Waals surface area contributed by atoms with E-state index in [9.17, 15) is 9.90 Å². The highest BCUT2D eigenvalue weighted by Crippen LogP contribution is 2.25. The van der Waals surface area contributed by atoms with Crippen molar-refractivity contribution in [2.45, 2.75) is 31.7 Å². The van der Waals surface area contributed by atoms with Gasteiger partial charge in [-0.15, -0.1) is 0 Å². The van der Waals surface area contributed by atoms with Crippen LogP contribution >= 0.6 is 11.6 Å². The predicted octanol–water partition coefficient (Wildman–Crippen LogP) is 1.60. The molecule has 1 amide bonds. The van der Waals surface area contributed by atoms with Crippen molar-refractivity contribution in [3.63, 3.8) is 0 Å². The van der Waals surface area contributed by atoms with E-state index in [1.54, 1.807) is 0 Å². The Kier molecular flexibility index (Phi) is 4.61. The fraction of sp³-hybridized carbons (Fsp3) is 0.538. The summed E-state index contributed by atoms with van der Waals surface area (Å²) in [6, 6.07) is 1.50. The van der Waals surface area contributed by atoms with Crippen molar-refractivity contribution >= 4 is 23.2 Å². The third kappa shape index (κ3) is 3.36. The zero-order valence-corrected chi connectivity index (χ0v) is 11.4. The minimum atomic E-state index is -0.282. The zero-order chi connectivity index (χ0) is 13.8. The van der Waals surface area contributed by atoms with Crippen LogP contribution in [0.3, 0.4) is 0 Å². The van der Waals surface area contributed by atoms with Crippen molar-refractivity contribution in [1.29, 1.82) is 0 Å². The minimum absolute atomic E-state index is 0.0104. The highest BCUT2D eigenvalue weighted by Gasteiger charge is 2.26. The molecular weight excluding hydrogens is 266 g/mol. The number of anilines is 1. The maximum absolute atomic E-state index is 12.2. The maximum Gasteiger partial charge on any atom is 0.254 e. The first-order chi connectivity index (χ1) is 9.11. The lowest BCUT2D eigenvalue weighted by Gasteiger charge is -2.30. The van der Waals surface area contributed by atoms with Gasteiger partial charge >= 0.3 is 0 Å². The summed E-state index contributed by atoms with van der Waals surface area (Å²) in [6.07, 6.45) is 5.38. The van der Waals surface area contributed by atoms with Crippen molar-refractivity contribution in [2.24, 2.45) is 5.92 Å². The molecule has 104 valence electrons. The molecule has 1 aromatic rings. The number of pyridine rings is 1. The molecule has 1 aliphatic carbocycles. The number of nitrogens with one attached hydrogen (secondary N) is 1. The molecule has 2 atom stereocenters. The van der Waals surface area contributed by atoms with Crippen LogP contribution in [-0.2, 0) is 0 Å². The molecule has 1 aromatic heterocycles. The molecule has 4 N–H and O–H groups in total. The van der Waals surface area contributed by atoms with Crippen molar-refractivity contribution in [3.8, 4) is 0 Å². The van der Waals surface area contributed by atoms with E-state index in [1.807, 2.05) is 0 Å². The van der Waals surface area contributed by atoms with E-state index in [4.69, 9.17) is 17.3 Å². The summed E-state index contributed by atoms with van der Waals surface area (Å²) < 4.78 is 0. The van der Waals surface area contributed by atoms with E-state index in [-0.39, 0.29) is 35.2 Å². The van der Waals surface area contributed by atoms with Gasteiger partial charge in [0.2, 0.25) is 0 Å². The monoisotopic (exact) mass is 283 g/mol. The molecule has 1 heterocycles. The Labute approximate surface area is 117 Å². The predicted molar refractivity (Wildman–Crippen MR) is 74.0 cm³/mol. The van der Waals surface area contributed by atoms with Gasteiger partial charge in [0.1, 0.15) is 5.15 Å². The molecule has 1 aliphatic rings. The number of nitrogens with zero attached hydrogens (tertiary/aromatic N) is 1. The molecule has 5 nitrogen and oxygen atoms in total. The lowest BCUT2D eigenvalue weighted by molar-refractivity contribution is 0.0872. The highest BCUT2D eigenvalue weighted by atomic mass is 35.5. The Bertz CT molecular complexity index is 467. The smallest absolute Gasteiger partial charge is 0.254 e. The van der Waals surface area contributed by atoms with Gasteiger partial charge < -0.3 is 16.2 Å². The van der Waals surface area contributed by atoms with Gasteiger partial charge in [-0.25, -0.2) is 4.98 Å². The summed E-state index contributed by atoms with van der Waals surface area (Å²) in [5.74, 6) is -0.166. The number of halogens is 1. The van der Waals surface area contributed by atoms with Crippen molar-refractivity contribution in [2.75, 3.05) is 12.3 Å². The average Bonchev–Trinajstić information content (AvgIpc) is 2.42. The first kappa shape index (κ1) is 14.1. The molecular formula is C13H18ClN3O2. The van der Waals surface area contributed by atoms with E-state index in [0.717, 1.165) is 25.7 Å². The van der Waals surface area contributed by atoms with Crippen LogP contribution in [0.15, 0.2) is 12.3 Å². The zero-order valence-electron chi connectivity index (χ0n) is 10.6. The fourth-order valence-electron chi connectivity index (χ4n) is 2.49. The number of nitrogens with two attached hydrogens (primary N) is 1. The van der Waals surface area contributed by atoms with Gasteiger partial charge in [-0.2, -0.15) is 0 Å². The fourth-order valence-corrected chi connectivity index (χ4v) is 2.67. The number of aliphatic hydroxyl groups excluding tert-OH is 1. The largest absolute Gasteiger partial charge is 0.397 e. The maximum atomic E-state index is 12.2. The number of aliphatic hydroxyl groups is 1. The van der Waals surface area contributed by atoms with Crippen LogP contribution in [0.2, 0.25) is 5.15 Å². The quantitative estimate of drug-likeness (QED) is 0.735. The van der Waals surface area contributed by atoms with Gasteiger partial charge in [0.15, 0.2) is 0 Å². The highest BCUT2D eigenvalue weighted by molar-refractivity contribution is 6.32. The number of carbonyl (C=O) groups is 1. The Morgan fingerprint density at radius 3 is 3.00 bits per heavy atom. The molecule has 0 aliphatic heterocycles. The van der Waals surface area contributed by atoms with Crippen LogP contribution in [0.4, 0.5) is 5.69 Å². The molecule has 19 heavy (non-hydrogen) atoms. The van der Waals surface area contributed by atoms with E-state index in [1.165, 1.54) is 12.3 Å². The Morgan fingerprint density at radius 2 is 2.26 bits per heavy atom. The van der Waals surface area contributed by atoms with Crippen LogP contribution < -0.4 is 11.1 Å². The Morgan fingerprint density at radius 1 is 1.53 bits per heavy atom. The van der Waals surface area contributed by atoms with Crippen LogP contribution in [0, 0.1) is 5.92 Å². The molecule has 2 rings (SSSR count). The molecule has 6 heteroatoms. The molecule has 0 spiro atoms. The molecule has 1 fully saturated rings. The van der Waals surface area contributed by atoms with Crippen LogP contribution in [-0.4, -0.2) is 28.6 Å². The molecule has 0 aromatic carbocycles. The normalized spacial score (nSPS) is 23.1. The van der Waals surface area contributed by atoms with Crippen molar-refractivity contribution in [3.05, 3.63) is 23.0 Å². The number of amides is 1. The van der Waals surface area contributed by atoms with Gasteiger partial charge in [-0.05, 0) is 18.9 Å². The molecule has 0 saturated heterocycles. The number of nitrogen functional groups attached to an aromatic ring is 1. The van der Waals surface area contributed by atoms with E-state index in [0.29, 0.717) is 5.69 Å². The second-order valence-electron chi connectivity index (χ2n) is 4.91. The van der Waals surface area contributed by atoms with E-state index < -0.39 is 0 Å². The third-order valence-electron chi connectivity index (χ3n) is 3.56. The number of hydrogen-bond acceptors (Lipinski definition) is 4. The lowest BCUT2D eigenvalue weighted by Crippen LogP contribution is -2.43. The van der Waals surface area contributed by atoms with E-state index in [2.05, 4.69) is 10.3 Å². The summed E-state index contributed by atoms with van der Waals surface area (Å²) in [5.41, 5.74) is 6.29. The van der Waals surface area contributed by atoms with Gasteiger partial charge in [0.05, 0.1) is 17.4 Å². The summed E-state index contributed by atoms with van der Waals surface area (Å²) in [4.78, 5) is 16.0. The van der Waals surface area contributed by atoms with Crippen molar-refractivity contribution in [1.82, 2.24) is 10.3 Å². The topological polar surface area (TPSA) is 88.2 Å². The van der Waals surface area contributed by atoms with Crippen LogP contribution in [0.25, 0.3) is 0 Å². The second kappa shape index (κ2) is 6.21. The summed E-state index contributed by atoms with van der Waals surface area (Å²) >= 11 is 5.90.